The van der Waals surface area contributed by atoms with E-state index in [-0.39, 0.29) is 16.3 Å². The molecule has 0 saturated heterocycles. The molecule has 4 rings (SSSR count). The van der Waals surface area contributed by atoms with Crippen molar-refractivity contribution < 1.29 is 23.1 Å². The Hall–Kier alpha value is -4.37. The summed E-state index contributed by atoms with van der Waals surface area (Å²) in [5, 5.41) is 15.9. The molecule has 0 radical (unpaired) electrons. The molecule has 0 aromatic heterocycles. The molecule has 178 valence electrons. The number of ether oxygens (including phenoxy) is 1. The molecular formula is C26H23N3O5S. The van der Waals surface area contributed by atoms with Crippen LogP contribution >= 0.6 is 0 Å². The van der Waals surface area contributed by atoms with Crippen LogP contribution in [0.1, 0.15) is 5.56 Å². The van der Waals surface area contributed by atoms with E-state index in [9.17, 15) is 18.3 Å². The number of nitrogens with one attached hydrogen (secondary N) is 1. The van der Waals surface area contributed by atoms with Crippen LogP contribution in [0.15, 0.2) is 101 Å². The monoisotopic (exact) mass is 489 g/mol. The number of carbonyl (C=O) groups is 1. The van der Waals surface area contributed by atoms with E-state index in [0.717, 1.165) is 15.1 Å². The second-order valence-corrected chi connectivity index (χ2v) is 9.37. The van der Waals surface area contributed by atoms with E-state index in [4.69, 9.17) is 4.74 Å². The van der Waals surface area contributed by atoms with Gasteiger partial charge < -0.3 is 9.84 Å². The molecule has 0 fully saturated rings. The Labute approximate surface area is 203 Å². The SMILES string of the molecule is COc1ccccc1N(CC(=O)N/N=C\c1c(O)ccc2ccccc12)S(=O)(=O)c1ccccc1. The van der Waals surface area contributed by atoms with Gasteiger partial charge in [0.25, 0.3) is 15.9 Å². The first-order valence-electron chi connectivity index (χ1n) is 10.7. The zero-order valence-corrected chi connectivity index (χ0v) is 19.6. The Morgan fingerprint density at radius 1 is 0.971 bits per heavy atom. The Morgan fingerprint density at radius 3 is 2.43 bits per heavy atom. The summed E-state index contributed by atoms with van der Waals surface area (Å²) in [6.07, 6.45) is 1.33. The summed E-state index contributed by atoms with van der Waals surface area (Å²) >= 11 is 0. The van der Waals surface area contributed by atoms with Gasteiger partial charge in [-0.1, -0.05) is 60.7 Å². The summed E-state index contributed by atoms with van der Waals surface area (Å²) in [7, 11) is -2.67. The minimum absolute atomic E-state index is 0.00371. The highest BCUT2D eigenvalue weighted by molar-refractivity contribution is 7.92. The van der Waals surface area contributed by atoms with Crippen molar-refractivity contribution in [3.05, 3.63) is 96.6 Å². The first-order valence-corrected chi connectivity index (χ1v) is 12.1. The van der Waals surface area contributed by atoms with Crippen LogP contribution in [0, 0.1) is 0 Å². The van der Waals surface area contributed by atoms with Crippen LogP contribution in [0.3, 0.4) is 0 Å². The van der Waals surface area contributed by atoms with Crippen molar-refractivity contribution in [1.82, 2.24) is 5.43 Å². The number of para-hydroxylation sites is 2. The van der Waals surface area contributed by atoms with Gasteiger partial charge in [-0.05, 0) is 41.1 Å². The number of sulfonamides is 1. The largest absolute Gasteiger partial charge is 0.507 e. The number of fused-ring (bicyclic) bond motifs is 1. The minimum atomic E-state index is -4.09. The predicted octanol–water partition coefficient (Wildman–Crippen LogP) is 3.90. The average molecular weight is 490 g/mol. The quantitative estimate of drug-likeness (QED) is 0.288. The van der Waals surface area contributed by atoms with Gasteiger partial charge in [-0.2, -0.15) is 5.10 Å². The van der Waals surface area contributed by atoms with Crippen molar-refractivity contribution in [2.24, 2.45) is 5.10 Å². The van der Waals surface area contributed by atoms with Crippen LogP contribution in [0.5, 0.6) is 11.5 Å². The number of rotatable bonds is 8. The first-order chi connectivity index (χ1) is 16.9. The summed E-state index contributed by atoms with van der Waals surface area (Å²) in [5.41, 5.74) is 3.00. The Kier molecular flexibility index (Phi) is 6.98. The standard InChI is InChI=1S/C26H23N3O5S/c1-34-25-14-8-7-13-23(25)29(35(32,33)20-10-3-2-4-11-20)18-26(31)28-27-17-22-21-12-6-5-9-19(21)15-16-24(22)30/h2-17,30H,18H2,1H3,(H,28,31)/b27-17-. The number of aromatic hydroxyl groups is 1. The number of phenolic OH excluding ortho intramolecular Hbond substituents is 1. The number of amides is 1. The van der Waals surface area contributed by atoms with Crippen molar-refractivity contribution in [3.63, 3.8) is 0 Å². The molecule has 0 heterocycles. The van der Waals surface area contributed by atoms with Crippen molar-refractivity contribution >= 4 is 38.6 Å². The Morgan fingerprint density at radius 2 is 1.66 bits per heavy atom. The van der Waals surface area contributed by atoms with E-state index in [2.05, 4.69) is 10.5 Å². The van der Waals surface area contributed by atoms with Gasteiger partial charge in [0.1, 0.15) is 18.0 Å². The average Bonchev–Trinajstić information content (AvgIpc) is 2.89. The third-order valence-corrected chi connectivity index (χ3v) is 7.08. The van der Waals surface area contributed by atoms with Gasteiger partial charge in [-0.25, -0.2) is 13.8 Å². The van der Waals surface area contributed by atoms with E-state index in [1.807, 2.05) is 24.3 Å². The lowest BCUT2D eigenvalue weighted by molar-refractivity contribution is -0.119. The molecule has 0 aliphatic heterocycles. The second-order valence-electron chi connectivity index (χ2n) is 7.51. The Balaban J connectivity index is 1.62. The fourth-order valence-electron chi connectivity index (χ4n) is 3.61. The first kappa shape index (κ1) is 23.8. The maximum atomic E-state index is 13.4. The molecule has 0 aliphatic rings. The zero-order valence-electron chi connectivity index (χ0n) is 18.8. The van der Waals surface area contributed by atoms with Crippen LogP contribution < -0.4 is 14.5 Å². The van der Waals surface area contributed by atoms with Gasteiger partial charge in [-0.3, -0.25) is 9.10 Å². The van der Waals surface area contributed by atoms with E-state index in [0.29, 0.717) is 11.3 Å². The van der Waals surface area contributed by atoms with Gasteiger partial charge in [0, 0.05) is 5.56 Å². The number of methoxy groups -OCH3 is 1. The van der Waals surface area contributed by atoms with Gasteiger partial charge >= 0.3 is 0 Å². The lowest BCUT2D eigenvalue weighted by Crippen LogP contribution is -2.39. The molecule has 1 amide bonds. The van der Waals surface area contributed by atoms with Crippen LogP contribution in [0.25, 0.3) is 10.8 Å². The number of carbonyl (C=O) groups excluding carboxylic acids is 1. The van der Waals surface area contributed by atoms with Crippen LogP contribution in [-0.2, 0) is 14.8 Å². The van der Waals surface area contributed by atoms with Gasteiger partial charge in [-0.15, -0.1) is 0 Å². The van der Waals surface area contributed by atoms with Crippen molar-refractivity contribution in [1.29, 1.82) is 0 Å². The number of benzene rings is 4. The lowest BCUT2D eigenvalue weighted by atomic mass is 10.0. The van der Waals surface area contributed by atoms with Crippen LogP contribution in [0.4, 0.5) is 5.69 Å². The summed E-state index contributed by atoms with van der Waals surface area (Å²) in [5.74, 6) is -0.376. The molecule has 0 atom stereocenters. The molecule has 0 spiro atoms. The van der Waals surface area contributed by atoms with Gasteiger partial charge in [0.05, 0.1) is 23.9 Å². The molecular weight excluding hydrogens is 466 g/mol. The van der Waals surface area contributed by atoms with E-state index in [1.54, 1.807) is 54.6 Å². The normalized spacial score (nSPS) is 11.5. The smallest absolute Gasteiger partial charge is 0.264 e. The molecule has 4 aromatic carbocycles. The second kappa shape index (κ2) is 10.3. The number of hydrogen-bond acceptors (Lipinski definition) is 6. The topological polar surface area (TPSA) is 108 Å². The summed E-state index contributed by atoms with van der Waals surface area (Å²) in [6.45, 7) is -0.545. The van der Waals surface area contributed by atoms with E-state index >= 15 is 0 Å². The van der Waals surface area contributed by atoms with E-state index in [1.165, 1.54) is 25.5 Å². The summed E-state index contributed by atoms with van der Waals surface area (Å²) in [4.78, 5) is 12.8. The third kappa shape index (κ3) is 5.10. The predicted molar refractivity (Wildman–Crippen MR) is 135 cm³/mol. The molecule has 0 aliphatic carbocycles. The number of anilines is 1. The van der Waals surface area contributed by atoms with Crippen molar-refractivity contribution in [3.8, 4) is 11.5 Å². The van der Waals surface area contributed by atoms with Crippen LogP contribution in [0.2, 0.25) is 0 Å². The van der Waals surface area contributed by atoms with Crippen LogP contribution in [-0.4, -0.2) is 39.3 Å². The third-order valence-electron chi connectivity index (χ3n) is 5.30. The van der Waals surface area contributed by atoms with Crippen molar-refractivity contribution in [2.45, 2.75) is 4.90 Å². The number of phenols is 1. The molecule has 9 heteroatoms. The van der Waals surface area contributed by atoms with Gasteiger partial charge in [0.2, 0.25) is 0 Å². The molecule has 4 aromatic rings. The highest BCUT2D eigenvalue weighted by Crippen LogP contribution is 2.32. The maximum Gasteiger partial charge on any atom is 0.264 e. The summed E-state index contributed by atoms with van der Waals surface area (Å²) in [6, 6.07) is 25.1. The molecule has 35 heavy (non-hydrogen) atoms. The summed E-state index contributed by atoms with van der Waals surface area (Å²) < 4.78 is 33.2. The maximum absolute atomic E-state index is 13.4. The number of hydrogen-bond donors (Lipinski definition) is 2. The number of hydrazone groups is 1. The highest BCUT2D eigenvalue weighted by atomic mass is 32.2. The fraction of sp³-hybridized carbons (Fsp3) is 0.0769. The fourth-order valence-corrected chi connectivity index (χ4v) is 5.06. The lowest BCUT2D eigenvalue weighted by Gasteiger charge is -2.25. The Bertz CT molecular complexity index is 1490. The number of nitrogens with zero attached hydrogens (tertiary/aromatic N) is 2. The highest BCUT2D eigenvalue weighted by Gasteiger charge is 2.29. The van der Waals surface area contributed by atoms with Crippen molar-refractivity contribution in [2.75, 3.05) is 18.0 Å². The molecule has 0 saturated carbocycles. The molecule has 0 unspecified atom stereocenters. The van der Waals surface area contributed by atoms with Gasteiger partial charge in [0.15, 0.2) is 0 Å². The zero-order chi connectivity index (χ0) is 24.8. The molecule has 8 nitrogen and oxygen atoms in total. The van der Waals surface area contributed by atoms with E-state index < -0.39 is 22.5 Å². The molecule has 2 N–H and O–H groups in total. The minimum Gasteiger partial charge on any atom is -0.507 e. The molecule has 0 bridgehead atoms.